The maximum atomic E-state index is 14.0. The number of hydrogen-bond donors (Lipinski definition) is 0. The van der Waals surface area contributed by atoms with Gasteiger partial charge in [-0.05, 0) is 66.0 Å². The summed E-state index contributed by atoms with van der Waals surface area (Å²) < 4.78 is 17.7. The van der Waals surface area contributed by atoms with Gasteiger partial charge in [0.2, 0.25) is 0 Å². The largest absolute Gasteiger partial charge is 0.490 e. The van der Waals surface area contributed by atoms with Gasteiger partial charge in [-0.3, -0.25) is 9.59 Å². The maximum absolute atomic E-state index is 14.0. The zero-order chi connectivity index (χ0) is 30.2. The normalized spacial score (nSPS) is 20.0. The molecule has 224 valence electrons. The summed E-state index contributed by atoms with van der Waals surface area (Å²) in [5.41, 5.74) is 5.02. The first-order chi connectivity index (χ1) is 19.9. The Kier molecular flexibility index (Phi) is 8.60. The molecule has 1 aliphatic heterocycles. The number of carbonyl (C=O) groups is 2. The van der Waals surface area contributed by atoms with Crippen molar-refractivity contribution in [3.05, 3.63) is 81.2 Å². The number of benzene rings is 2. The van der Waals surface area contributed by atoms with E-state index in [1.807, 2.05) is 49.4 Å². The molecule has 2 aromatic carbocycles. The van der Waals surface area contributed by atoms with Gasteiger partial charge in [0.1, 0.15) is 6.61 Å². The molecular weight excluding hydrogens is 550 g/mol. The van der Waals surface area contributed by atoms with E-state index in [0.717, 1.165) is 46.5 Å². The standard InChI is InChI=1S/C35H42ClNO5/c1-7-41-30-16-23(11-12-29(30)42-21-22-9-8-10-24(36)15-22)31-32-25(17-34(2,3)19-27(32)38)37(13-14-40-6)26-18-35(4,5)20-28(39)33(26)31/h8-12,15-16,31H,7,13-14,17-21H2,1-6H3. The molecule has 1 heterocycles. The Bertz CT molecular complexity index is 1400. The van der Waals surface area contributed by atoms with E-state index in [9.17, 15) is 9.59 Å². The van der Waals surface area contributed by atoms with Crippen molar-refractivity contribution in [3.63, 3.8) is 0 Å². The summed E-state index contributed by atoms with van der Waals surface area (Å²) in [4.78, 5) is 30.3. The van der Waals surface area contributed by atoms with Gasteiger partial charge in [-0.15, -0.1) is 0 Å². The SMILES string of the molecule is CCOc1cc(C2C3=C(CC(C)(C)CC3=O)N(CCOC)C3=C2C(=O)CC(C)(C)C3)ccc1OCc1cccc(Cl)c1. The van der Waals surface area contributed by atoms with Gasteiger partial charge >= 0.3 is 0 Å². The summed E-state index contributed by atoms with van der Waals surface area (Å²) >= 11 is 6.17. The summed E-state index contributed by atoms with van der Waals surface area (Å²) in [7, 11) is 1.69. The zero-order valence-corrected chi connectivity index (χ0v) is 26.4. The van der Waals surface area contributed by atoms with E-state index < -0.39 is 5.92 Å². The number of ether oxygens (including phenoxy) is 3. The molecule has 2 aromatic rings. The summed E-state index contributed by atoms with van der Waals surface area (Å²) in [5.74, 6) is 0.973. The zero-order valence-electron chi connectivity index (χ0n) is 25.6. The molecule has 6 nitrogen and oxygen atoms in total. The van der Waals surface area contributed by atoms with Gasteiger partial charge in [0.05, 0.1) is 13.2 Å². The minimum absolute atomic E-state index is 0.108. The topological polar surface area (TPSA) is 65.1 Å². The fourth-order valence-corrected chi connectivity index (χ4v) is 6.93. The lowest BCUT2D eigenvalue weighted by Gasteiger charge is -2.49. The molecule has 0 amide bonds. The van der Waals surface area contributed by atoms with E-state index in [2.05, 4.69) is 32.6 Å². The third-order valence-electron chi connectivity index (χ3n) is 8.43. The Labute approximate surface area is 254 Å². The van der Waals surface area contributed by atoms with E-state index in [1.54, 1.807) is 7.11 Å². The number of Topliss-reactive ketones (excluding diaryl/α,β-unsaturated/α-hetero) is 2. The van der Waals surface area contributed by atoms with Crippen LogP contribution < -0.4 is 9.47 Å². The second-order valence-electron chi connectivity index (χ2n) is 13.2. The van der Waals surface area contributed by atoms with E-state index in [-0.39, 0.29) is 22.4 Å². The van der Waals surface area contributed by atoms with Gasteiger partial charge in [0, 0.05) is 60.0 Å². The minimum atomic E-state index is -0.442. The lowest BCUT2D eigenvalue weighted by molar-refractivity contribution is -0.119. The van der Waals surface area contributed by atoms with Crippen LogP contribution in [0.15, 0.2) is 65.0 Å². The van der Waals surface area contributed by atoms with Gasteiger partial charge in [0.25, 0.3) is 0 Å². The molecule has 0 bridgehead atoms. The number of hydrogen-bond acceptors (Lipinski definition) is 6. The van der Waals surface area contributed by atoms with Crippen LogP contribution in [0.4, 0.5) is 0 Å². The molecule has 5 rings (SSSR count). The molecule has 0 fully saturated rings. The van der Waals surface area contributed by atoms with Crippen molar-refractivity contribution in [2.75, 3.05) is 26.9 Å². The van der Waals surface area contributed by atoms with E-state index in [4.69, 9.17) is 25.8 Å². The molecule has 0 unspecified atom stereocenters. The summed E-state index contributed by atoms with van der Waals surface area (Å²) in [6.45, 7) is 12.4. The Hall–Kier alpha value is -3.09. The Morgan fingerprint density at radius 3 is 2.07 bits per heavy atom. The van der Waals surface area contributed by atoms with Gasteiger partial charge in [-0.2, -0.15) is 0 Å². The third-order valence-corrected chi connectivity index (χ3v) is 8.66. The van der Waals surface area contributed by atoms with Crippen molar-refractivity contribution in [3.8, 4) is 11.5 Å². The van der Waals surface area contributed by atoms with Gasteiger partial charge < -0.3 is 19.1 Å². The molecule has 0 radical (unpaired) electrons. The Morgan fingerprint density at radius 1 is 0.857 bits per heavy atom. The van der Waals surface area contributed by atoms with Gasteiger partial charge in [-0.1, -0.05) is 57.5 Å². The van der Waals surface area contributed by atoms with Crippen LogP contribution >= 0.6 is 11.6 Å². The average molecular weight is 592 g/mol. The molecule has 42 heavy (non-hydrogen) atoms. The number of halogens is 1. The Morgan fingerprint density at radius 2 is 1.50 bits per heavy atom. The van der Waals surface area contributed by atoms with Crippen molar-refractivity contribution in [1.29, 1.82) is 0 Å². The minimum Gasteiger partial charge on any atom is -0.490 e. The molecule has 0 saturated heterocycles. The summed E-state index contributed by atoms with van der Waals surface area (Å²) in [6, 6.07) is 13.4. The van der Waals surface area contributed by atoms with Crippen molar-refractivity contribution in [1.82, 2.24) is 4.90 Å². The van der Waals surface area contributed by atoms with Crippen LogP contribution in [0, 0.1) is 10.8 Å². The van der Waals surface area contributed by atoms with Crippen LogP contribution in [0.25, 0.3) is 0 Å². The lowest BCUT2D eigenvalue weighted by Crippen LogP contribution is -2.45. The molecule has 0 spiro atoms. The monoisotopic (exact) mass is 591 g/mol. The second-order valence-corrected chi connectivity index (χ2v) is 13.7. The smallest absolute Gasteiger partial charge is 0.162 e. The molecule has 0 N–H and O–H groups in total. The first-order valence-corrected chi connectivity index (χ1v) is 15.2. The molecule has 0 atom stereocenters. The molecule has 7 heteroatoms. The molecular formula is C35H42ClNO5. The number of carbonyl (C=O) groups excluding carboxylic acids is 2. The van der Waals surface area contributed by atoms with Gasteiger partial charge in [0.15, 0.2) is 23.1 Å². The molecule has 0 aromatic heterocycles. The highest BCUT2D eigenvalue weighted by molar-refractivity contribution is 6.30. The average Bonchev–Trinajstić information content (AvgIpc) is 2.90. The summed E-state index contributed by atoms with van der Waals surface area (Å²) in [5, 5.41) is 0.655. The highest BCUT2D eigenvalue weighted by atomic mass is 35.5. The van der Waals surface area contributed by atoms with Crippen LogP contribution in [-0.4, -0.2) is 43.3 Å². The number of rotatable bonds is 9. The first kappa shape index (κ1) is 30.4. The fraction of sp³-hybridized carbons (Fsp3) is 0.486. The van der Waals surface area contributed by atoms with Crippen molar-refractivity contribution >= 4 is 23.2 Å². The highest BCUT2D eigenvalue weighted by Crippen LogP contribution is 2.54. The predicted molar refractivity (Wildman–Crippen MR) is 165 cm³/mol. The Balaban J connectivity index is 1.63. The number of nitrogens with zero attached hydrogens (tertiary/aromatic N) is 1. The van der Waals surface area contributed by atoms with Crippen LogP contribution in [-0.2, 0) is 20.9 Å². The van der Waals surface area contributed by atoms with Crippen molar-refractivity contribution < 1.29 is 23.8 Å². The quantitative estimate of drug-likeness (QED) is 0.298. The van der Waals surface area contributed by atoms with Crippen molar-refractivity contribution in [2.45, 2.75) is 72.8 Å². The van der Waals surface area contributed by atoms with Crippen LogP contribution in [0.1, 0.15) is 77.3 Å². The second kappa shape index (κ2) is 11.9. The molecule has 3 aliphatic rings. The van der Waals surface area contributed by atoms with E-state index >= 15 is 0 Å². The van der Waals surface area contributed by atoms with Gasteiger partial charge in [-0.25, -0.2) is 0 Å². The number of allylic oxidation sites excluding steroid dienone is 4. The highest BCUT2D eigenvalue weighted by Gasteiger charge is 2.49. The number of methoxy groups -OCH3 is 1. The maximum Gasteiger partial charge on any atom is 0.162 e. The first-order valence-electron chi connectivity index (χ1n) is 14.9. The number of ketones is 2. The predicted octanol–water partition coefficient (Wildman–Crippen LogP) is 7.65. The lowest BCUT2D eigenvalue weighted by atomic mass is 9.63. The third kappa shape index (κ3) is 6.16. The van der Waals surface area contributed by atoms with E-state index in [0.29, 0.717) is 55.7 Å². The van der Waals surface area contributed by atoms with Crippen LogP contribution in [0.2, 0.25) is 5.02 Å². The molecule has 0 saturated carbocycles. The summed E-state index contributed by atoms with van der Waals surface area (Å²) in [6.07, 6.45) is 2.42. The van der Waals surface area contributed by atoms with Crippen molar-refractivity contribution in [2.24, 2.45) is 10.8 Å². The fourth-order valence-electron chi connectivity index (χ4n) is 6.71. The van der Waals surface area contributed by atoms with Crippen LogP contribution in [0.5, 0.6) is 11.5 Å². The van der Waals surface area contributed by atoms with Crippen LogP contribution in [0.3, 0.4) is 0 Å². The molecule has 2 aliphatic carbocycles. The van der Waals surface area contributed by atoms with E-state index in [1.165, 1.54) is 0 Å².